The van der Waals surface area contributed by atoms with Gasteiger partial charge in [0.1, 0.15) is 5.75 Å². The number of β-amino-alcohol motifs (C(OH)–C–C–N with tert-alkyl or cyclic N) is 1. The molecule has 1 aliphatic heterocycles. The minimum absolute atomic E-state index is 0.0165. The van der Waals surface area contributed by atoms with E-state index in [1.54, 1.807) is 13.3 Å². The van der Waals surface area contributed by atoms with E-state index in [1.165, 1.54) is 0 Å². The molecule has 3 heterocycles. The lowest BCUT2D eigenvalue weighted by Crippen LogP contribution is -2.32. The standard InChI is InChI=1S/C21H22N4O2S/c1-27-18-10-3-2-8-16(18)24-12-6-9-17(24)20-19(15-7-4-5-11-22-15)23-21(28)25(20)13-14-26/h2-12,19-20,26H,13-14H2,1H3,(H,23,28). The topological polar surface area (TPSA) is 62.5 Å². The number of aliphatic hydroxyl groups excluding tert-OH is 1. The van der Waals surface area contributed by atoms with Crippen LogP contribution in [0.3, 0.4) is 0 Å². The van der Waals surface area contributed by atoms with Crippen LogP contribution in [0, 0.1) is 0 Å². The van der Waals surface area contributed by atoms with Crippen LogP contribution in [0.2, 0.25) is 0 Å². The van der Waals surface area contributed by atoms with Gasteiger partial charge < -0.3 is 24.6 Å². The molecule has 0 spiro atoms. The number of rotatable bonds is 6. The van der Waals surface area contributed by atoms with Crippen LogP contribution in [-0.4, -0.2) is 44.9 Å². The summed E-state index contributed by atoms with van der Waals surface area (Å²) in [4.78, 5) is 6.56. The third kappa shape index (κ3) is 3.23. The second-order valence-corrected chi connectivity index (χ2v) is 6.91. The highest BCUT2D eigenvalue weighted by atomic mass is 32.1. The number of methoxy groups -OCH3 is 1. The van der Waals surface area contributed by atoms with Crippen molar-refractivity contribution >= 4 is 17.3 Å². The van der Waals surface area contributed by atoms with Crippen molar-refractivity contribution in [3.8, 4) is 11.4 Å². The van der Waals surface area contributed by atoms with Gasteiger partial charge in [-0.05, 0) is 48.6 Å². The smallest absolute Gasteiger partial charge is 0.170 e. The van der Waals surface area contributed by atoms with E-state index < -0.39 is 0 Å². The van der Waals surface area contributed by atoms with Gasteiger partial charge in [0.25, 0.3) is 0 Å². The molecule has 144 valence electrons. The molecule has 1 saturated heterocycles. The number of aliphatic hydroxyl groups is 1. The molecule has 2 aromatic heterocycles. The molecule has 6 nitrogen and oxygen atoms in total. The van der Waals surface area contributed by atoms with Gasteiger partial charge in [0.05, 0.1) is 37.2 Å². The number of pyridine rings is 1. The molecule has 0 bridgehead atoms. The van der Waals surface area contributed by atoms with Crippen molar-refractivity contribution in [2.24, 2.45) is 0 Å². The minimum Gasteiger partial charge on any atom is -0.495 e. The summed E-state index contributed by atoms with van der Waals surface area (Å²) in [5, 5.41) is 13.6. The molecule has 1 fully saturated rings. The van der Waals surface area contributed by atoms with Gasteiger partial charge >= 0.3 is 0 Å². The first-order valence-electron chi connectivity index (χ1n) is 9.14. The maximum Gasteiger partial charge on any atom is 0.170 e. The Kier molecular flexibility index (Phi) is 5.27. The third-order valence-corrected chi connectivity index (χ3v) is 5.32. The van der Waals surface area contributed by atoms with Crippen LogP contribution in [0.15, 0.2) is 67.0 Å². The number of nitrogens with zero attached hydrogens (tertiary/aromatic N) is 3. The first-order valence-corrected chi connectivity index (χ1v) is 9.55. The molecular formula is C21H22N4O2S. The summed E-state index contributed by atoms with van der Waals surface area (Å²) in [7, 11) is 1.67. The Morgan fingerprint density at radius 3 is 2.71 bits per heavy atom. The second-order valence-electron chi connectivity index (χ2n) is 6.52. The third-order valence-electron chi connectivity index (χ3n) is 4.97. The van der Waals surface area contributed by atoms with E-state index in [2.05, 4.69) is 20.9 Å². The van der Waals surface area contributed by atoms with Gasteiger partial charge in [-0.3, -0.25) is 4.98 Å². The minimum atomic E-state index is -0.122. The fourth-order valence-electron chi connectivity index (χ4n) is 3.76. The Labute approximate surface area is 169 Å². The van der Waals surface area contributed by atoms with Crippen LogP contribution >= 0.6 is 12.2 Å². The maximum atomic E-state index is 9.61. The first kappa shape index (κ1) is 18.5. The van der Waals surface area contributed by atoms with Gasteiger partial charge in [-0.1, -0.05) is 18.2 Å². The van der Waals surface area contributed by atoms with Crippen LogP contribution in [0.25, 0.3) is 5.69 Å². The van der Waals surface area contributed by atoms with Crippen LogP contribution < -0.4 is 10.1 Å². The van der Waals surface area contributed by atoms with Crippen molar-refractivity contribution in [2.75, 3.05) is 20.3 Å². The lowest BCUT2D eigenvalue weighted by atomic mass is 10.0. The van der Waals surface area contributed by atoms with E-state index in [-0.39, 0.29) is 18.7 Å². The molecule has 4 rings (SSSR count). The van der Waals surface area contributed by atoms with Crippen molar-refractivity contribution in [2.45, 2.75) is 12.1 Å². The highest BCUT2D eigenvalue weighted by molar-refractivity contribution is 7.80. The van der Waals surface area contributed by atoms with Gasteiger partial charge in [-0.25, -0.2) is 0 Å². The molecule has 1 aromatic carbocycles. The average Bonchev–Trinajstić information content (AvgIpc) is 3.33. The Morgan fingerprint density at radius 2 is 1.96 bits per heavy atom. The number of hydrogen-bond acceptors (Lipinski definition) is 4. The lowest BCUT2D eigenvalue weighted by Gasteiger charge is -2.28. The van der Waals surface area contributed by atoms with Crippen molar-refractivity contribution in [3.63, 3.8) is 0 Å². The van der Waals surface area contributed by atoms with Crippen LogP contribution in [0.1, 0.15) is 23.5 Å². The monoisotopic (exact) mass is 394 g/mol. The van der Waals surface area contributed by atoms with Crippen LogP contribution in [0.4, 0.5) is 0 Å². The molecule has 2 N–H and O–H groups in total. The Bertz CT molecular complexity index is 960. The predicted octanol–water partition coefficient (Wildman–Crippen LogP) is 2.85. The number of hydrogen-bond donors (Lipinski definition) is 2. The summed E-state index contributed by atoms with van der Waals surface area (Å²) in [6.07, 6.45) is 3.80. The Morgan fingerprint density at radius 1 is 1.14 bits per heavy atom. The molecule has 2 unspecified atom stereocenters. The zero-order valence-electron chi connectivity index (χ0n) is 15.5. The van der Waals surface area contributed by atoms with Gasteiger partial charge in [-0.15, -0.1) is 0 Å². The van der Waals surface area contributed by atoms with Gasteiger partial charge in [0.15, 0.2) is 5.11 Å². The first-order chi connectivity index (χ1) is 13.7. The normalized spacial score (nSPS) is 18.9. The Balaban J connectivity index is 1.83. The van der Waals surface area contributed by atoms with E-state index in [0.717, 1.165) is 22.8 Å². The Hall–Kier alpha value is -2.90. The fourth-order valence-corrected chi connectivity index (χ4v) is 4.09. The number of benzene rings is 1. The molecule has 1 aliphatic rings. The summed E-state index contributed by atoms with van der Waals surface area (Å²) in [5.74, 6) is 0.788. The summed E-state index contributed by atoms with van der Waals surface area (Å²) in [5.41, 5.74) is 2.90. The number of aromatic nitrogens is 2. The molecule has 3 aromatic rings. The molecule has 0 radical (unpaired) electrons. The van der Waals surface area contributed by atoms with E-state index in [9.17, 15) is 5.11 Å². The molecule has 2 atom stereocenters. The fraction of sp³-hybridized carbons (Fsp3) is 0.238. The van der Waals surface area contributed by atoms with E-state index in [1.807, 2.05) is 59.6 Å². The van der Waals surface area contributed by atoms with Crippen molar-refractivity contribution in [3.05, 3.63) is 78.4 Å². The largest absolute Gasteiger partial charge is 0.495 e. The summed E-state index contributed by atoms with van der Waals surface area (Å²) in [6.45, 7) is 0.458. The van der Waals surface area contributed by atoms with Crippen LogP contribution in [-0.2, 0) is 0 Å². The zero-order valence-corrected chi connectivity index (χ0v) is 16.3. The van der Waals surface area contributed by atoms with Crippen molar-refractivity contribution in [1.82, 2.24) is 19.8 Å². The van der Waals surface area contributed by atoms with Crippen LogP contribution in [0.5, 0.6) is 5.75 Å². The van der Waals surface area contributed by atoms with Gasteiger partial charge in [0, 0.05) is 24.6 Å². The molecular weight excluding hydrogens is 372 g/mol. The second kappa shape index (κ2) is 8.00. The molecule has 28 heavy (non-hydrogen) atoms. The number of ether oxygens (including phenoxy) is 1. The lowest BCUT2D eigenvalue weighted by molar-refractivity contribution is 0.220. The zero-order chi connectivity index (χ0) is 19.5. The highest BCUT2D eigenvalue weighted by Gasteiger charge is 2.41. The van der Waals surface area contributed by atoms with E-state index in [4.69, 9.17) is 17.0 Å². The number of para-hydroxylation sites is 2. The van der Waals surface area contributed by atoms with E-state index >= 15 is 0 Å². The molecule has 0 aliphatic carbocycles. The van der Waals surface area contributed by atoms with Crippen molar-refractivity contribution in [1.29, 1.82) is 0 Å². The van der Waals surface area contributed by atoms with Crippen molar-refractivity contribution < 1.29 is 9.84 Å². The SMILES string of the molecule is COc1ccccc1-n1cccc1C1C(c2ccccn2)NC(=S)N1CCO. The van der Waals surface area contributed by atoms with E-state index in [0.29, 0.717) is 11.7 Å². The number of nitrogens with one attached hydrogen (secondary N) is 1. The summed E-state index contributed by atoms with van der Waals surface area (Å²) in [6, 6.07) is 17.6. The number of thiocarbonyl (C=S) groups is 1. The maximum absolute atomic E-state index is 9.61. The van der Waals surface area contributed by atoms with Gasteiger partial charge in [-0.2, -0.15) is 0 Å². The predicted molar refractivity (Wildman–Crippen MR) is 112 cm³/mol. The molecule has 7 heteroatoms. The molecule has 0 saturated carbocycles. The summed E-state index contributed by atoms with van der Waals surface area (Å²) < 4.78 is 7.68. The molecule has 0 amide bonds. The average molecular weight is 395 g/mol. The quantitative estimate of drug-likeness (QED) is 0.627. The van der Waals surface area contributed by atoms with Gasteiger partial charge in [0.2, 0.25) is 0 Å². The summed E-state index contributed by atoms with van der Waals surface area (Å²) >= 11 is 5.58. The highest BCUT2D eigenvalue weighted by Crippen LogP contribution is 2.40.